The number of hydrogen-bond acceptors (Lipinski definition) is 6. The Kier molecular flexibility index (Phi) is 8.40. The fourth-order valence-corrected chi connectivity index (χ4v) is 6.66. The molecule has 0 radical (unpaired) electrons. The normalized spacial score (nSPS) is 15.3. The van der Waals surface area contributed by atoms with Crippen LogP contribution >= 0.6 is 46.3 Å². The molecule has 11 heteroatoms. The third kappa shape index (κ3) is 5.48. The van der Waals surface area contributed by atoms with Crippen LogP contribution in [0.5, 0.6) is 0 Å². The highest BCUT2D eigenvalue weighted by atomic mass is 35.5. The van der Waals surface area contributed by atoms with Gasteiger partial charge >= 0.3 is 0 Å². The smallest absolute Gasteiger partial charge is 0.240 e. The monoisotopic (exact) mass is 586 g/mol. The first-order valence-electron chi connectivity index (χ1n) is 11.8. The number of thiophene rings is 1. The van der Waals surface area contributed by atoms with Crippen molar-refractivity contribution < 1.29 is 14.3 Å². The number of nitrogens with one attached hydrogen (secondary N) is 1. The van der Waals surface area contributed by atoms with E-state index < -0.39 is 0 Å². The maximum absolute atomic E-state index is 13.7. The lowest BCUT2D eigenvalue weighted by Gasteiger charge is -2.23. The van der Waals surface area contributed by atoms with E-state index in [4.69, 9.17) is 33.0 Å². The predicted molar refractivity (Wildman–Crippen MR) is 155 cm³/mol. The summed E-state index contributed by atoms with van der Waals surface area (Å²) in [7, 11) is 1.57. The number of para-hydroxylation sites is 1. The van der Waals surface area contributed by atoms with E-state index in [1.54, 1.807) is 29.2 Å². The van der Waals surface area contributed by atoms with Gasteiger partial charge in [-0.3, -0.25) is 14.5 Å². The molecule has 1 aliphatic rings. The van der Waals surface area contributed by atoms with E-state index in [1.807, 2.05) is 60.0 Å². The molecule has 2 aromatic heterocycles. The van der Waals surface area contributed by atoms with Crippen molar-refractivity contribution >= 4 is 63.9 Å². The summed E-state index contributed by atoms with van der Waals surface area (Å²) in [5.74, 6) is 0.193. The van der Waals surface area contributed by atoms with Crippen molar-refractivity contribution in [2.45, 2.75) is 5.25 Å². The van der Waals surface area contributed by atoms with Crippen LogP contribution in [0.15, 0.2) is 66.0 Å². The Hall–Kier alpha value is -2.82. The molecule has 0 aliphatic carbocycles. The maximum Gasteiger partial charge on any atom is 0.240 e. The second-order valence-corrected chi connectivity index (χ2v) is 11.4. The fourth-order valence-electron chi connectivity index (χ4n) is 4.33. The second kappa shape index (κ2) is 11.9. The number of thioether (sulfide) groups is 1. The highest BCUT2D eigenvalue weighted by molar-refractivity contribution is 8.00. The highest BCUT2D eigenvalue weighted by Gasteiger charge is 2.38. The molecule has 0 saturated heterocycles. The summed E-state index contributed by atoms with van der Waals surface area (Å²) < 4.78 is 6.74. The van der Waals surface area contributed by atoms with Crippen LogP contribution in [-0.2, 0) is 14.3 Å². The Bertz CT molecular complexity index is 1460. The molecule has 7 nitrogen and oxygen atoms in total. The molecule has 0 fully saturated rings. The van der Waals surface area contributed by atoms with Gasteiger partial charge in [0, 0.05) is 24.2 Å². The van der Waals surface area contributed by atoms with Gasteiger partial charge in [0.25, 0.3) is 0 Å². The number of carbonyl (C=O) groups excluding carboxylic acids is 2. The third-order valence-electron chi connectivity index (χ3n) is 6.01. The number of anilines is 1. The lowest BCUT2D eigenvalue weighted by atomic mass is 10.0. The zero-order valence-corrected chi connectivity index (χ0v) is 23.5. The summed E-state index contributed by atoms with van der Waals surface area (Å²) in [5, 5.41) is 10.6. The number of nitrogens with zero attached hydrogens (tertiary/aromatic N) is 3. The molecule has 4 aromatic rings. The summed E-state index contributed by atoms with van der Waals surface area (Å²) >= 11 is 16.1. The molecule has 1 N–H and O–H groups in total. The molecular formula is C27H24Cl2N4O3S2. The van der Waals surface area contributed by atoms with Crippen LogP contribution in [0.4, 0.5) is 5.82 Å². The SMILES string of the molecule is COCCNC(=O)CN1C(=O)CS[C@@H](c2cccc(Cl)c2)c2c(-c3cccs3)nn(-c3ccccc3Cl)c21. The number of amides is 2. The van der Waals surface area contributed by atoms with Crippen LogP contribution < -0.4 is 10.2 Å². The van der Waals surface area contributed by atoms with E-state index in [-0.39, 0.29) is 29.4 Å². The van der Waals surface area contributed by atoms with Crippen molar-refractivity contribution in [2.75, 3.05) is 37.5 Å². The van der Waals surface area contributed by atoms with Crippen molar-refractivity contribution in [3.8, 4) is 16.3 Å². The molecule has 1 aliphatic heterocycles. The number of rotatable bonds is 8. The highest BCUT2D eigenvalue weighted by Crippen LogP contribution is 2.49. The minimum absolute atomic E-state index is 0.168. The molecule has 5 rings (SSSR count). The zero-order chi connectivity index (χ0) is 26.6. The van der Waals surface area contributed by atoms with Gasteiger partial charge in [-0.05, 0) is 41.3 Å². The van der Waals surface area contributed by atoms with Gasteiger partial charge < -0.3 is 10.1 Å². The zero-order valence-electron chi connectivity index (χ0n) is 20.4. The van der Waals surface area contributed by atoms with Gasteiger partial charge in [0.15, 0.2) is 0 Å². The third-order valence-corrected chi connectivity index (χ3v) is 8.69. The predicted octanol–water partition coefficient (Wildman–Crippen LogP) is 5.84. The van der Waals surface area contributed by atoms with E-state index in [2.05, 4.69) is 5.32 Å². The topological polar surface area (TPSA) is 76.5 Å². The molecule has 0 spiro atoms. The number of hydrogen-bond donors (Lipinski definition) is 1. The standard InChI is InChI=1S/C27H24Cl2N4O3S2/c1-36-12-11-30-22(34)15-32-23(35)16-38-26(17-6-4-7-18(28)14-17)24-25(21-10-5-13-37-21)31-33(27(24)32)20-9-3-2-8-19(20)29/h2-10,13-14,26H,11-12,15-16H2,1H3,(H,30,34)/t26-/m0/s1. The van der Waals surface area contributed by atoms with E-state index in [0.29, 0.717) is 34.7 Å². The Labute approximate surface area is 238 Å². The quantitative estimate of drug-likeness (QED) is 0.262. The molecule has 38 heavy (non-hydrogen) atoms. The Balaban J connectivity index is 1.75. The van der Waals surface area contributed by atoms with E-state index in [1.165, 1.54) is 16.7 Å². The van der Waals surface area contributed by atoms with Gasteiger partial charge in [0.1, 0.15) is 18.1 Å². The van der Waals surface area contributed by atoms with E-state index >= 15 is 0 Å². The van der Waals surface area contributed by atoms with Crippen LogP contribution in [0.1, 0.15) is 16.4 Å². The summed E-state index contributed by atoms with van der Waals surface area (Å²) in [4.78, 5) is 29.1. The Morgan fingerprint density at radius 2 is 2.00 bits per heavy atom. The van der Waals surface area contributed by atoms with Gasteiger partial charge in [-0.25, -0.2) is 4.68 Å². The minimum Gasteiger partial charge on any atom is -0.383 e. The molecule has 2 amide bonds. The average molecular weight is 588 g/mol. The maximum atomic E-state index is 13.7. The number of aromatic nitrogens is 2. The fraction of sp³-hybridized carbons (Fsp3) is 0.222. The number of ether oxygens (including phenoxy) is 1. The van der Waals surface area contributed by atoms with E-state index in [0.717, 1.165) is 21.7 Å². The number of halogens is 2. The van der Waals surface area contributed by atoms with Crippen molar-refractivity contribution in [2.24, 2.45) is 0 Å². The molecule has 2 aromatic carbocycles. The molecule has 0 unspecified atom stereocenters. The summed E-state index contributed by atoms with van der Waals surface area (Å²) in [6, 6.07) is 18.9. The first-order chi connectivity index (χ1) is 18.5. The van der Waals surface area contributed by atoms with Gasteiger partial charge in [0.2, 0.25) is 11.8 Å². The summed E-state index contributed by atoms with van der Waals surface area (Å²) in [6.07, 6.45) is 0. The van der Waals surface area contributed by atoms with Crippen LogP contribution in [-0.4, -0.2) is 54.2 Å². The number of carbonyl (C=O) groups is 2. The molecular weight excluding hydrogens is 563 g/mol. The van der Waals surface area contributed by atoms with Crippen LogP contribution in [0.3, 0.4) is 0 Å². The first-order valence-corrected chi connectivity index (χ1v) is 14.5. The largest absolute Gasteiger partial charge is 0.383 e. The van der Waals surface area contributed by atoms with Gasteiger partial charge in [-0.1, -0.05) is 53.5 Å². The van der Waals surface area contributed by atoms with Crippen LogP contribution in [0, 0.1) is 0 Å². The Morgan fingerprint density at radius 1 is 1.16 bits per heavy atom. The lowest BCUT2D eigenvalue weighted by Crippen LogP contribution is -2.43. The van der Waals surface area contributed by atoms with Gasteiger partial charge in [-0.15, -0.1) is 23.1 Å². The minimum atomic E-state index is -0.294. The van der Waals surface area contributed by atoms with Gasteiger partial charge in [-0.2, -0.15) is 5.10 Å². The summed E-state index contributed by atoms with van der Waals surface area (Å²) in [5.41, 5.74) is 3.11. The molecule has 0 saturated carbocycles. The molecule has 0 bridgehead atoms. The van der Waals surface area contributed by atoms with Crippen molar-refractivity contribution in [3.63, 3.8) is 0 Å². The number of methoxy groups -OCH3 is 1. The van der Waals surface area contributed by atoms with Crippen molar-refractivity contribution in [1.82, 2.24) is 15.1 Å². The molecule has 196 valence electrons. The average Bonchev–Trinajstić information content (AvgIpc) is 3.54. The van der Waals surface area contributed by atoms with Crippen LogP contribution in [0.25, 0.3) is 16.3 Å². The van der Waals surface area contributed by atoms with Gasteiger partial charge in [0.05, 0.1) is 33.2 Å². The summed E-state index contributed by atoms with van der Waals surface area (Å²) in [6.45, 7) is 0.546. The molecule has 3 heterocycles. The van der Waals surface area contributed by atoms with E-state index in [9.17, 15) is 9.59 Å². The van der Waals surface area contributed by atoms with Crippen LogP contribution in [0.2, 0.25) is 10.0 Å². The second-order valence-electron chi connectivity index (χ2n) is 8.50. The van der Waals surface area contributed by atoms with Crippen molar-refractivity contribution in [3.05, 3.63) is 87.2 Å². The Morgan fingerprint density at radius 3 is 2.74 bits per heavy atom. The number of fused-ring (bicyclic) bond motifs is 1. The van der Waals surface area contributed by atoms with Crippen molar-refractivity contribution in [1.29, 1.82) is 0 Å². The molecule has 1 atom stereocenters. The first kappa shape index (κ1) is 26.8. The lowest BCUT2D eigenvalue weighted by molar-refractivity contribution is -0.123. The number of benzene rings is 2.